The van der Waals surface area contributed by atoms with Crippen LogP contribution < -0.4 is 0 Å². The molecule has 1 aromatic rings. The van der Waals surface area contributed by atoms with Crippen molar-refractivity contribution in [1.29, 1.82) is 0 Å². The van der Waals surface area contributed by atoms with Crippen molar-refractivity contribution in [3.05, 3.63) is 16.9 Å². The number of hydrogen-bond donors (Lipinski definition) is 0. The van der Waals surface area contributed by atoms with Gasteiger partial charge in [-0.1, -0.05) is 0 Å². The second-order valence-corrected chi connectivity index (χ2v) is 3.24. The molecule has 9 heavy (non-hydrogen) atoms. The molecule has 1 heterocycles. The van der Waals surface area contributed by atoms with Gasteiger partial charge in [-0.2, -0.15) is 5.10 Å². The van der Waals surface area contributed by atoms with E-state index in [0.29, 0.717) is 0 Å². The molecule has 0 aliphatic heterocycles. The van der Waals surface area contributed by atoms with Gasteiger partial charge in [-0.05, 0) is 28.3 Å². The molecule has 0 saturated heterocycles. The second kappa shape index (κ2) is 3.27. The lowest BCUT2D eigenvalue weighted by Crippen LogP contribution is -1.92. The SMILES string of the molecule is CSCn1ccc(Br)n1. The van der Waals surface area contributed by atoms with Gasteiger partial charge in [-0.15, -0.1) is 11.8 Å². The average Bonchev–Trinajstić information content (AvgIpc) is 2.17. The van der Waals surface area contributed by atoms with Crippen LogP contribution in [-0.4, -0.2) is 16.0 Å². The maximum atomic E-state index is 4.11. The fourth-order valence-corrected chi connectivity index (χ4v) is 1.27. The largest absolute Gasteiger partial charge is 0.262 e. The van der Waals surface area contributed by atoms with Gasteiger partial charge < -0.3 is 0 Å². The smallest absolute Gasteiger partial charge is 0.128 e. The van der Waals surface area contributed by atoms with Crippen LogP contribution in [0, 0.1) is 0 Å². The van der Waals surface area contributed by atoms with E-state index in [1.54, 1.807) is 11.8 Å². The number of hydrogen-bond acceptors (Lipinski definition) is 2. The molecule has 1 rings (SSSR count). The monoisotopic (exact) mass is 206 g/mol. The molecule has 0 fully saturated rings. The van der Waals surface area contributed by atoms with Crippen LogP contribution in [0.15, 0.2) is 16.9 Å². The van der Waals surface area contributed by atoms with E-state index >= 15 is 0 Å². The second-order valence-electron chi connectivity index (χ2n) is 1.60. The predicted molar refractivity (Wildman–Crippen MR) is 43.4 cm³/mol. The maximum Gasteiger partial charge on any atom is 0.128 e. The van der Waals surface area contributed by atoms with Crippen LogP contribution in [-0.2, 0) is 5.88 Å². The minimum atomic E-state index is 0.900. The molecule has 0 aromatic carbocycles. The van der Waals surface area contributed by atoms with E-state index in [9.17, 15) is 0 Å². The molecular formula is C5H7BrN2S. The number of nitrogens with zero attached hydrogens (tertiary/aromatic N) is 2. The fourth-order valence-electron chi connectivity index (χ4n) is 0.541. The molecule has 4 heteroatoms. The van der Waals surface area contributed by atoms with Crippen LogP contribution in [0.2, 0.25) is 0 Å². The summed E-state index contributed by atoms with van der Waals surface area (Å²) in [7, 11) is 0. The Balaban J connectivity index is 2.61. The highest BCUT2D eigenvalue weighted by Crippen LogP contribution is 2.05. The third kappa shape index (κ3) is 2.02. The van der Waals surface area contributed by atoms with Gasteiger partial charge in [-0.3, -0.25) is 4.68 Å². The van der Waals surface area contributed by atoms with E-state index in [2.05, 4.69) is 27.3 Å². The Morgan fingerprint density at radius 3 is 3.11 bits per heavy atom. The average molecular weight is 207 g/mol. The summed E-state index contributed by atoms with van der Waals surface area (Å²) in [6, 6.07) is 1.93. The van der Waals surface area contributed by atoms with E-state index in [1.807, 2.05) is 16.9 Å². The minimum Gasteiger partial charge on any atom is -0.262 e. The van der Waals surface area contributed by atoms with Crippen molar-refractivity contribution in [3.63, 3.8) is 0 Å². The van der Waals surface area contributed by atoms with Crippen molar-refractivity contribution >= 4 is 27.7 Å². The summed E-state index contributed by atoms with van der Waals surface area (Å²) < 4.78 is 2.78. The fraction of sp³-hybridized carbons (Fsp3) is 0.400. The molecule has 0 N–H and O–H groups in total. The van der Waals surface area contributed by atoms with Crippen LogP contribution in [0.4, 0.5) is 0 Å². The molecular weight excluding hydrogens is 200 g/mol. The molecule has 0 aliphatic carbocycles. The lowest BCUT2D eigenvalue weighted by molar-refractivity contribution is 0.745. The van der Waals surface area contributed by atoms with Crippen molar-refractivity contribution < 1.29 is 0 Å². The Morgan fingerprint density at radius 2 is 2.67 bits per heavy atom. The summed E-state index contributed by atoms with van der Waals surface area (Å²) in [6.45, 7) is 0. The zero-order chi connectivity index (χ0) is 6.69. The summed E-state index contributed by atoms with van der Waals surface area (Å²) in [5, 5.41) is 4.11. The Labute approximate surface area is 66.8 Å². The quantitative estimate of drug-likeness (QED) is 0.737. The summed E-state index contributed by atoms with van der Waals surface area (Å²) in [5.74, 6) is 0.922. The van der Waals surface area contributed by atoms with E-state index in [4.69, 9.17) is 0 Å². The summed E-state index contributed by atoms with van der Waals surface area (Å²) in [6.07, 6.45) is 4.00. The van der Waals surface area contributed by atoms with Gasteiger partial charge in [0.1, 0.15) is 4.60 Å². The van der Waals surface area contributed by atoms with E-state index in [0.717, 1.165) is 10.5 Å². The topological polar surface area (TPSA) is 17.8 Å². The first kappa shape index (κ1) is 7.15. The van der Waals surface area contributed by atoms with Crippen molar-refractivity contribution in [2.45, 2.75) is 5.88 Å². The molecule has 1 aromatic heterocycles. The van der Waals surface area contributed by atoms with Crippen LogP contribution in [0.3, 0.4) is 0 Å². The molecule has 0 atom stereocenters. The summed E-state index contributed by atoms with van der Waals surface area (Å²) in [4.78, 5) is 0. The zero-order valence-corrected chi connectivity index (χ0v) is 7.44. The van der Waals surface area contributed by atoms with Gasteiger partial charge in [0.2, 0.25) is 0 Å². The first-order chi connectivity index (χ1) is 4.33. The Hall–Kier alpha value is 0.0400. The Morgan fingerprint density at radius 1 is 1.89 bits per heavy atom. The van der Waals surface area contributed by atoms with Gasteiger partial charge in [0.25, 0.3) is 0 Å². The molecule has 0 aliphatic rings. The predicted octanol–water partition coefficient (Wildman–Crippen LogP) is 1.97. The van der Waals surface area contributed by atoms with Gasteiger partial charge in [-0.25, -0.2) is 0 Å². The molecule has 0 saturated carbocycles. The van der Waals surface area contributed by atoms with Gasteiger partial charge in [0.15, 0.2) is 0 Å². The van der Waals surface area contributed by atoms with Crippen LogP contribution in [0.5, 0.6) is 0 Å². The number of halogens is 1. The normalized spacial score (nSPS) is 10.0. The van der Waals surface area contributed by atoms with Gasteiger partial charge in [0.05, 0.1) is 5.88 Å². The highest BCUT2D eigenvalue weighted by atomic mass is 79.9. The van der Waals surface area contributed by atoms with Crippen molar-refractivity contribution in [2.24, 2.45) is 0 Å². The minimum absolute atomic E-state index is 0.900. The van der Waals surface area contributed by atoms with Gasteiger partial charge >= 0.3 is 0 Å². The summed E-state index contributed by atoms with van der Waals surface area (Å²) >= 11 is 5.01. The standard InChI is InChI=1S/C5H7BrN2S/c1-9-4-8-3-2-5(6)7-8/h2-3H,4H2,1H3. The lowest BCUT2D eigenvalue weighted by Gasteiger charge is -1.93. The van der Waals surface area contributed by atoms with Crippen molar-refractivity contribution in [1.82, 2.24) is 9.78 Å². The number of rotatable bonds is 2. The highest BCUT2D eigenvalue weighted by molar-refractivity contribution is 9.10. The van der Waals surface area contributed by atoms with Crippen molar-refractivity contribution in [2.75, 3.05) is 6.26 Å². The van der Waals surface area contributed by atoms with Crippen LogP contribution in [0.1, 0.15) is 0 Å². The van der Waals surface area contributed by atoms with Crippen LogP contribution in [0.25, 0.3) is 0 Å². The van der Waals surface area contributed by atoms with E-state index in [-0.39, 0.29) is 0 Å². The zero-order valence-electron chi connectivity index (χ0n) is 5.04. The molecule has 0 amide bonds. The third-order valence-corrected chi connectivity index (χ3v) is 1.82. The maximum absolute atomic E-state index is 4.11. The Bertz CT molecular complexity index is 187. The lowest BCUT2D eigenvalue weighted by atomic mass is 10.8. The molecule has 2 nitrogen and oxygen atoms in total. The molecule has 0 radical (unpaired) electrons. The molecule has 0 bridgehead atoms. The van der Waals surface area contributed by atoms with Gasteiger partial charge in [0, 0.05) is 6.20 Å². The van der Waals surface area contributed by atoms with Crippen LogP contribution >= 0.6 is 27.7 Å². The molecule has 0 unspecified atom stereocenters. The molecule has 50 valence electrons. The highest BCUT2D eigenvalue weighted by Gasteiger charge is 1.90. The number of thioether (sulfide) groups is 1. The molecule has 0 spiro atoms. The first-order valence-electron chi connectivity index (χ1n) is 2.51. The Kier molecular flexibility index (Phi) is 2.60. The van der Waals surface area contributed by atoms with E-state index in [1.165, 1.54) is 0 Å². The number of aromatic nitrogens is 2. The van der Waals surface area contributed by atoms with E-state index < -0.39 is 0 Å². The first-order valence-corrected chi connectivity index (χ1v) is 4.69. The van der Waals surface area contributed by atoms with Crippen molar-refractivity contribution in [3.8, 4) is 0 Å². The summed E-state index contributed by atoms with van der Waals surface area (Å²) in [5.41, 5.74) is 0. The third-order valence-electron chi connectivity index (χ3n) is 0.869.